The van der Waals surface area contributed by atoms with Crippen molar-refractivity contribution in [2.75, 3.05) is 12.5 Å². The van der Waals surface area contributed by atoms with Crippen LogP contribution in [0.5, 0.6) is 0 Å². The number of benzene rings is 1. The van der Waals surface area contributed by atoms with Gasteiger partial charge in [-0.25, -0.2) is 0 Å². The second kappa shape index (κ2) is 6.19. The average molecular weight is 227 g/mol. The largest absolute Gasteiger partial charge is 0.464 e. The van der Waals surface area contributed by atoms with E-state index in [1.165, 1.54) is 0 Å². The maximum Gasteiger partial charge on any atom is 0.320 e. The molecule has 0 aliphatic rings. The van der Waals surface area contributed by atoms with Crippen molar-refractivity contribution in [3.63, 3.8) is 0 Å². The predicted octanol–water partition coefficient (Wildman–Crippen LogP) is 1.82. The molecule has 0 aromatic heterocycles. The van der Waals surface area contributed by atoms with Crippen LogP contribution in [-0.2, 0) is 16.0 Å². The zero-order valence-corrected chi connectivity index (χ0v) is 8.87. The summed E-state index contributed by atoms with van der Waals surface area (Å²) in [5, 5.41) is 0. The fourth-order valence-corrected chi connectivity index (χ4v) is 1.27. The first kappa shape index (κ1) is 11.7. The van der Waals surface area contributed by atoms with Crippen molar-refractivity contribution in [2.45, 2.75) is 6.42 Å². The number of hydrogen-bond acceptors (Lipinski definition) is 3. The van der Waals surface area contributed by atoms with E-state index in [4.69, 9.17) is 16.3 Å². The Morgan fingerprint density at radius 1 is 1.40 bits per heavy atom. The van der Waals surface area contributed by atoms with Crippen molar-refractivity contribution in [1.29, 1.82) is 0 Å². The van der Waals surface area contributed by atoms with Gasteiger partial charge >= 0.3 is 5.97 Å². The molecule has 1 rings (SSSR count). The van der Waals surface area contributed by atoms with Gasteiger partial charge < -0.3 is 4.74 Å². The minimum absolute atomic E-state index is 0.144. The van der Waals surface area contributed by atoms with Crippen LogP contribution in [0, 0.1) is 0 Å². The van der Waals surface area contributed by atoms with Crippen LogP contribution in [0.3, 0.4) is 0 Å². The second-order valence-electron chi connectivity index (χ2n) is 2.92. The van der Waals surface area contributed by atoms with Gasteiger partial charge in [0.2, 0.25) is 0 Å². The van der Waals surface area contributed by atoms with Gasteiger partial charge in [-0.05, 0) is 5.56 Å². The Morgan fingerprint density at radius 3 is 2.80 bits per heavy atom. The minimum atomic E-state index is -0.444. The van der Waals surface area contributed by atoms with E-state index in [0.717, 1.165) is 11.8 Å². The fraction of sp³-hybridized carbons (Fsp3) is 0.273. The molecule has 0 bridgehead atoms. The summed E-state index contributed by atoms with van der Waals surface area (Å²) in [6.07, 6.45) is 1.32. The van der Waals surface area contributed by atoms with E-state index in [2.05, 4.69) is 0 Å². The van der Waals surface area contributed by atoms with E-state index in [1.807, 2.05) is 12.1 Å². The third-order valence-electron chi connectivity index (χ3n) is 1.93. The lowest BCUT2D eigenvalue weighted by Crippen LogP contribution is -2.09. The molecule has 0 heterocycles. The highest BCUT2D eigenvalue weighted by atomic mass is 35.5. The summed E-state index contributed by atoms with van der Waals surface area (Å²) < 4.78 is 4.81. The van der Waals surface area contributed by atoms with Crippen LogP contribution < -0.4 is 0 Å². The normalized spacial score (nSPS) is 9.67. The summed E-state index contributed by atoms with van der Waals surface area (Å²) in [5.41, 5.74) is 1.49. The molecular formula is C11H11ClO3. The Bertz CT molecular complexity index is 349. The second-order valence-corrected chi connectivity index (χ2v) is 3.19. The number of halogens is 1. The van der Waals surface area contributed by atoms with Crippen LogP contribution in [0.15, 0.2) is 24.3 Å². The number of esters is 1. The van der Waals surface area contributed by atoms with Crippen molar-refractivity contribution >= 4 is 23.9 Å². The van der Waals surface area contributed by atoms with Crippen LogP contribution in [0.2, 0.25) is 0 Å². The molecule has 0 N–H and O–H groups in total. The van der Waals surface area contributed by atoms with E-state index >= 15 is 0 Å². The molecule has 0 unspecified atom stereocenters. The predicted molar refractivity (Wildman–Crippen MR) is 57.2 cm³/mol. The molecule has 0 amide bonds. The van der Waals surface area contributed by atoms with Crippen LogP contribution in [0.1, 0.15) is 15.9 Å². The number of alkyl halides is 1. The summed E-state index contributed by atoms with van der Waals surface area (Å²) in [7, 11) is 0. The highest BCUT2D eigenvalue weighted by Gasteiger charge is 2.03. The molecule has 0 aliphatic carbocycles. The first-order valence-electron chi connectivity index (χ1n) is 4.52. The summed E-state index contributed by atoms with van der Waals surface area (Å²) in [4.78, 5) is 21.4. The smallest absolute Gasteiger partial charge is 0.320 e. The molecule has 0 saturated carbocycles. The Hall–Kier alpha value is -1.35. The van der Waals surface area contributed by atoms with Gasteiger partial charge in [0.05, 0.1) is 6.61 Å². The maximum absolute atomic E-state index is 10.7. The van der Waals surface area contributed by atoms with Gasteiger partial charge in [0.1, 0.15) is 12.2 Å². The van der Waals surface area contributed by atoms with Crippen molar-refractivity contribution < 1.29 is 14.3 Å². The molecule has 0 spiro atoms. The third-order valence-corrected chi connectivity index (χ3v) is 2.14. The quantitative estimate of drug-likeness (QED) is 0.437. The summed E-state index contributed by atoms with van der Waals surface area (Å²) >= 11 is 5.26. The van der Waals surface area contributed by atoms with Crippen molar-refractivity contribution in [2.24, 2.45) is 0 Å². The lowest BCUT2D eigenvalue weighted by molar-refractivity contribution is -0.140. The maximum atomic E-state index is 10.7. The van der Waals surface area contributed by atoms with E-state index in [0.29, 0.717) is 12.0 Å². The van der Waals surface area contributed by atoms with Gasteiger partial charge in [-0.3, -0.25) is 9.59 Å². The fourth-order valence-electron chi connectivity index (χ4n) is 1.19. The molecule has 0 atom stereocenters. The summed E-state index contributed by atoms with van der Waals surface area (Å²) in [5.74, 6) is -0.588. The highest BCUT2D eigenvalue weighted by Crippen LogP contribution is 2.07. The highest BCUT2D eigenvalue weighted by molar-refractivity contribution is 6.26. The molecule has 3 nitrogen and oxygen atoms in total. The van der Waals surface area contributed by atoms with Crippen LogP contribution >= 0.6 is 11.6 Å². The van der Waals surface area contributed by atoms with E-state index in [1.54, 1.807) is 12.1 Å². The van der Waals surface area contributed by atoms with Crippen molar-refractivity contribution in [3.8, 4) is 0 Å². The zero-order valence-electron chi connectivity index (χ0n) is 8.11. The Labute approximate surface area is 93.0 Å². The first-order valence-corrected chi connectivity index (χ1v) is 5.06. The van der Waals surface area contributed by atoms with Gasteiger partial charge in [0.15, 0.2) is 0 Å². The zero-order chi connectivity index (χ0) is 11.1. The molecule has 0 aliphatic heterocycles. The molecule has 80 valence electrons. The monoisotopic (exact) mass is 226 g/mol. The molecule has 0 radical (unpaired) electrons. The van der Waals surface area contributed by atoms with Crippen molar-refractivity contribution in [1.82, 2.24) is 0 Å². The van der Waals surface area contributed by atoms with Gasteiger partial charge in [-0.2, -0.15) is 0 Å². The number of hydrogen-bond donors (Lipinski definition) is 0. The van der Waals surface area contributed by atoms with E-state index in [9.17, 15) is 9.59 Å². The Morgan fingerprint density at radius 2 is 2.13 bits per heavy atom. The molecule has 15 heavy (non-hydrogen) atoms. The third kappa shape index (κ3) is 3.72. The first-order chi connectivity index (χ1) is 7.27. The minimum Gasteiger partial charge on any atom is -0.464 e. The number of aldehydes is 1. The molecular weight excluding hydrogens is 216 g/mol. The number of carbonyl (C=O) groups is 2. The standard InChI is InChI=1S/C11H11ClO3/c12-7-11(14)15-6-5-9-3-1-2-4-10(9)8-13/h1-4,8H,5-7H2. The van der Waals surface area contributed by atoms with E-state index in [-0.39, 0.29) is 12.5 Å². The van der Waals surface area contributed by atoms with E-state index < -0.39 is 5.97 Å². The lowest BCUT2D eigenvalue weighted by Gasteiger charge is -2.04. The van der Waals surface area contributed by atoms with Crippen molar-refractivity contribution in [3.05, 3.63) is 35.4 Å². The number of carbonyl (C=O) groups excluding carboxylic acids is 2. The molecule has 1 aromatic rings. The summed E-state index contributed by atoms with van der Waals surface area (Å²) in [6, 6.07) is 7.19. The van der Waals surface area contributed by atoms with Gasteiger partial charge in [-0.15, -0.1) is 11.6 Å². The number of rotatable bonds is 5. The molecule has 4 heteroatoms. The molecule has 1 aromatic carbocycles. The van der Waals surface area contributed by atoms with Crippen LogP contribution in [-0.4, -0.2) is 24.7 Å². The van der Waals surface area contributed by atoms with Crippen LogP contribution in [0.4, 0.5) is 0 Å². The van der Waals surface area contributed by atoms with Gasteiger partial charge in [0, 0.05) is 12.0 Å². The lowest BCUT2D eigenvalue weighted by atomic mass is 10.1. The number of ether oxygens (including phenoxy) is 1. The van der Waals surface area contributed by atoms with Gasteiger partial charge in [-0.1, -0.05) is 24.3 Å². The molecule has 0 fully saturated rings. The Balaban J connectivity index is 2.50. The average Bonchev–Trinajstić information content (AvgIpc) is 2.29. The van der Waals surface area contributed by atoms with Gasteiger partial charge in [0.25, 0.3) is 0 Å². The van der Waals surface area contributed by atoms with Crippen LogP contribution in [0.25, 0.3) is 0 Å². The Kier molecular flexibility index (Phi) is 4.84. The SMILES string of the molecule is O=Cc1ccccc1CCOC(=O)CCl. The summed E-state index contributed by atoms with van der Waals surface area (Å²) in [6.45, 7) is 0.246. The topological polar surface area (TPSA) is 43.4 Å². The molecule has 0 saturated heterocycles.